The van der Waals surface area contributed by atoms with Gasteiger partial charge in [0.05, 0.1) is 11.9 Å². The van der Waals surface area contributed by atoms with E-state index >= 15 is 0 Å². The number of aryl methyl sites for hydroxylation is 2. The van der Waals surface area contributed by atoms with E-state index in [1.165, 1.54) is 21.3 Å². The SMILES string of the molecule is Cc1ccc(N(CCCC(=O)N(Cc2ccc(F)cc2)C(Cc2ccccc2)C(=O)NC(C)(C)C)S(C)(=O)=O)cc1C. The lowest BCUT2D eigenvalue weighted by molar-refractivity contribution is -0.142. The highest BCUT2D eigenvalue weighted by molar-refractivity contribution is 7.92. The topological polar surface area (TPSA) is 86.8 Å². The van der Waals surface area contributed by atoms with Crippen molar-refractivity contribution >= 4 is 27.5 Å². The van der Waals surface area contributed by atoms with Crippen LogP contribution in [0.15, 0.2) is 72.8 Å². The molecule has 9 heteroatoms. The maximum Gasteiger partial charge on any atom is 0.243 e. The number of hydrogen-bond acceptors (Lipinski definition) is 4. The summed E-state index contributed by atoms with van der Waals surface area (Å²) in [4.78, 5) is 29.1. The number of benzene rings is 3. The Morgan fingerprint density at radius 3 is 2.12 bits per heavy atom. The van der Waals surface area contributed by atoms with Crippen LogP contribution in [0.25, 0.3) is 0 Å². The first-order valence-corrected chi connectivity index (χ1v) is 15.9. The second-order valence-electron chi connectivity index (χ2n) is 11.8. The van der Waals surface area contributed by atoms with Crippen LogP contribution in [0.4, 0.5) is 10.1 Å². The molecular formula is C33H42FN3O4S. The fourth-order valence-corrected chi connectivity index (χ4v) is 5.64. The van der Waals surface area contributed by atoms with Gasteiger partial charge in [-0.25, -0.2) is 12.8 Å². The summed E-state index contributed by atoms with van der Waals surface area (Å²) in [6.45, 7) is 9.72. The summed E-state index contributed by atoms with van der Waals surface area (Å²) in [6.07, 6.45) is 1.70. The minimum Gasteiger partial charge on any atom is -0.350 e. The van der Waals surface area contributed by atoms with Crippen molar-refractivity contribution in [3.05, 3.63) is 101 Å². The Hall–Kier alpha value is -3.72. The fraction of sp³-hybridized carbons (Fsp3) is 0.394. The number of halogens is 1. The molecule has 2 amide bonds. The molecule has 3 aromatic carbocycles. The van der Waals surface area contributed by atoms with E-state index in [0.29, 0.717) is 11.3 Å². The summed E-state index contributed by atoms with van der Waals surface area (Å²) in [5.41, 5.74) is 3.61. The Morgan fingerprint density at radius 1 is 0.905 bits per heavy atom. The molecule has 1 unspecified atom stereocenters. The Labute approximate surface area is 249 Å². The first kappa shape index (κ1) is 32.8. The molecule has 226 valence electrons. The van der Waals surface area contributed by atoms with Gasteiger partial charge in [-0.3, -0.25) is 13.9 Å². The number of carbonyl (C=O) groups is 2. The Kier molecular flexibility index (Phi) is 10.9. The molecule has 42 heavy (non-hydrogen) atoms. The first-order valence-electron chi connectivity index (χ1n) is 14.1. The van der Waals surface area contributed by atoms with Gasteiger partial charge in [0.1, 0.15) is 11.9 Å². The van der Waals surface area contributed by atoms with Crippen LogP contribution in [-0.2, 0) is 32.6 Å². The predicted octanol–water partition coefficient (Wildman–Crippen LogP) is 5.54. The number of nitrogens with one attached hydrogen (secondary N) is 1. The van der Waals surface area contributed by atoms with Gasteiger partial charge in [-0.1, -0.05) is 48.5 Å². The van der Waals surface area contributed by atoms with Gasteiger partial charge in [0.25, 0.3) is 0 Å². The minimum atomic E-state index is -3.60. The lowest BCUT2D eigenvalue weighted by Gasteiger charge is -2.34. The molecular weight excluding hydrogens is 553 g/mol. The number of sulfonamides is 1. The third-order valence-electron chi connectivity index (χ3n) is 6.97. The number of carbonyl (C=O) groups excluding carboxylic acids is 2. The quantitative estimate of drug-likeness (QED) is 0.298. The van der Waals surface area contributed by atoms with Crippen LogP contribution in [0.1, 0.15) is 55.9 Å². The van der Waals surface area contributed by atoms with Crippen molar-refractivity contribution < 1.29 is 22.4 Å². The van der Waals surface area contributed by atoms with Crippen LogP contribution >= 0.6 is 0 Å². The van der Waals surface area contributed by atoms with Gasteiger partial charge in [0.15, 0.2) is 0 Å². The average Bonchev–Trinajstić information content (AvgIpc) is 2.90. The third kappa shape index (κ3) is 9.69. The summed E-state index contributed by atoms with van der Waals surface area (Å²) < 4.78 is 40.4. The number of hydrogen-bond donors (Lipinski definition) is 1. The Balaban J connectivity index is 1.90. The van der Waals surface area contributed by atoms with E-state index in [0.717, 1.165) is 22.9 Å². The molecule has 7 nitrogen and oxygen atoms in total. The molecule has 0 spiro atoms. The highest BCUT2D eigenvalue weighted by Gasteiger charge is 2.32. The van der Waals surface area contributed by atoms with Crippen LogP contribution in [0, 0.1) is 19.7 Å². The molecule has 0 fully saturated rings. The van der Waals surface area contributed by atoms with Gasteiger partial charge in [0.2, 0.25) is 21.8 Å². The lowest BCUT2D eigenvalue weighted by atomic mass is 10.00. The number of amides is 2. The van der Waals surface area contributed by atoms with Crippen LogP contribution in [0.2, 0.25) is 0 Å². The van der Waals surface area contributed by atoms with E-state index in [9.17, 15) is 22.4 Å². The number of anilines is 1. The Bertz CT molecular complexity index is 1470. The number of rotatable bonds is 12. The monoisotopic (exact) mass is 595 g/mol. The maximum absolute atomic E-state index is 13.9. The van der Waals surface area contributed by atoms with Crippen LogP contribution in [0.3, 0.4) is 0 Å². The van der Waals surface area contributed by atoms with Crippen molar-refractivity contribution in [2.24, 2.45) is 0 Å². The van der Waals surface area contributed by atoms with E-state index in [4.69, 9.17) is 0 Å². The predicted molar refractivity (Wildman–Crippen MR) is 166 cm³/mol. The van der Waals surface area contributed by atoms with Gasteiger partial charge < -0.3 is 10.2 Å². The first-order chi connectivity index (χ1) is 19.6. The van der Waals surface area contributed by atoms with E-state index in [1.54, 1.807) is 18.2 Å². The standard InChI is InChI=1S/C33H42FN3O4S/c1-24-14-19-29(21-25(24)2)37(42(6,40)41)20-10-13-31(38)36(23-27-15-17-28(34)18-16-27)30(32(39)35-33(3,4)5)22-26-11-8-7-9-12-26/h7-9,11-12,14-19,21,30H,10,13,20,22-23H2,1-6H3,(H,35,39). The van der Waals surface area contributed by atoms with Crippen molar-refractivity contribution in [2.75, 3.05) is 17.1 Å². The zero-order valence-corrected chi connectivity index (χ0v) is 26.2. The molecule has 1 atom stereocenters. The lowest BCUT2D eigenvalue weighted by Crippen LogP contribution is -2.54. The third-order valence-corrected chi connectivity index (χ3v) is 8.16. The fourth-order valence-electron chi connectivity index (χ4n) is 4.68. The van der Waals surface area contributed by atoms with Crippen molar-refractivity contribution in [3.8, 4) is 0 Å². The molecule has 0 heterocycles. The Morgan fingerprint density at radius 2 is 1.55 bits per heavy atom. The summed E-state index contributed by atoms with van der Waals surface area (Å²) in [6, 6.07) is 19.9. The van der Waals surface area contributed by atoms with E-state index < -0.39 is 27.4 Å². The molecule has 0 bridgehead atoms. The molecule has 0 saturated heterocycles. The summed E-state index contributed by atoms with van der Waals surface area (Å²) in [7, 11) is -3.60. The summed E-state index contributed by atoms with van der Waals surface area (Å²) in [5, 5.41) is 3.01. The zero-order chi connectivity index (χ0) is 31.1. The van der Waals surface area contributed by atoms with Crippen LogP contribution in [0.5, 0.6) is 0 Å². The zero-order valence-electron chi connectivity index (χ0n) is 25.4. The smallest absolute Gasteiger partial charge is 0.243 e. The molecule has 0 aliphatic rings. The van der Waals surface area contributed by atoms with E-state index in [-0.39, 0.29) is 44.2 Å². The molecule has 0 radical (unpaired) electrons. The summed E-state index contributed by atoms with van der Waals surface area (Å²) in [5.74, 6) is -0.984. The van der Waals surface area contributed by atoms with E-state index in [1.807, 2.05) is 77.1 Å². The normalized spacial score (nSPS) is 12.5. The second kappa shape index (κ2) is 14.0. The molecule has 0 aliphatic heterocycles. The van der Waals surface area contributed by atoms with Crippen molar-refractivity contribution in [1.82, 2.24) is 10.2 Å². The molecule has 0 aliphatic carbocycles. The minimum absolute atomic E-state index is 0.0200. The molecule has 0 saturated carbocycles. The van der Waals surface area contributed by atoms with Crippen molar-refractivity contribution in [2.45, 2.75) is 72.0 Å². The highest BCUT2D eigenvalue weighted by atomic mass is 32.2. The van der Waals surface area contributed by atoms with Crippen molar-refractivity contribution in [1.29, 1.82) is 0 Å². The van der Waals surface area contributed by atoms with Gasteiger partial charge in [-0.2, -0.15) is 0 Å². The molecule has 0 aromatic heterocycles. The van der Waals surface area contributed by atoms with Gasteiger partial charge in [-0.15, -0.1) is 0 Å². The van der Waals surface area contributed by atoms with E-state index in [2.05, 4.69) is 5.32 Å². The van der Waals surface area contributed by atoms with Gasteiger partial charge in [-0.05, 0) is 87.6 Å². The largest absolute Gasteiger partial charge is 0.350 e. The molecule has 3 rings (SSSR count). The van der Waals surface area contributed by atoms with Crippen LogP contribution < -0.4 is 9.62 Å². The second-order valence-corrected chi connectivity index (χ2v) is 13.7. The van der Waals surface area contributed by atoms with Gasteiger partial charge in [0, 0.05) is 31.5 Å². The summed E-state index contributed by atoms with van der Waals surface area (Å²) >= 11 is 0. The molecule has 1 N–H and O–H groups in total. The number of nitrogens with zero attached hydrogens (tertiary/aromatic N) is 2. The highest BCUT2D eigenvalue weighted by Crippen LogP contribution is 2.23. The van der Waals surface area contributed by atoms with Gasteiger partial charge >= 0.3 is 0 Å². The molecule has 3 aromatic rings. The maximum atomic E-state index is 13.9. The average molecular weight is 596 g/mol. The van der Waals surface area contributed by atoms with Crippen molar-refractivity contribution in [3.63, 3.8) is 0 Å². The van der Waals surface area contributed by atoms with Crippen LogP contribution in [-0.4, -0.2) is 49.5 Å².